The molecule has 0 N–H and O–H groups in total. The Kier molecular flexibility index (Phi) is 4.70. The zero-order chi connectivity index (χ0) is 16.3. The maximum absolute atomic E-state index is 14.0. The first-order valence-corrected chi connectivity index (χ1v) is 6.58. The second-order valence-electron chi connectivity index (χ2n) is 4.49. The van der Waals surface area contributed by atoms with E-state index in [1.54, 1.807) is 6.92 Å². The van der Waals surface area contributed by atoms with Crippen molar-refractivity contribution < 1.29 is 22.7 Å². The summed E-state index contributed by atoms with van der Waals surface area (Å²) in [5.41, 5.74) is -0.0194. The second-order valence-corrected chi connectivity index (χ2v) is 4.49. The molecule has 1 amide bonds. The summed E-state index contributed by atoms with van der Waals surface area (Å²) < 4.78 is 45.2. The largest absolute Gasteiger partial charge is 0.497 e. The van der Waals surface area contributed by atoms with Crippen molar-refractivity contribution in [3.63, 3.8) is 0 Å². The monoisotopic (exact) mass is 309 g/mol. The minimum Gasteiger partial charge on any atom is -0.497 e. The van der Waals surface area contributed by atoms with Crippen LogP contribution in [0.15, 0.2) is 36.4 Å². The molecule has 0 heterocycles. The number of methoxy groups -OCH3 is 1. The average molecular weight is 309 g/mol. The summed E-state index contributed by atoms with van der Waals surface area (Å²) >= 11 is 0. The number of ether oxygens (including phenoxy) is 1. The van der Waals surface area contributed by atoms with Gasteiger partial charge in [0.25, 0.3) is 5.91 Å². The molecule has 0 aliphatic rings. The summed E-state index contributed by atoms with van der Waals surface area (Å²) in [7, 11) is 1.38. The van der Waals surface area contributed by atoms with Crippen LogP contribution < -0.4 is 9.64 Å². The van der Waals surface area contributed by atoms with Crippen LogP contribution >= 0.6 is 0 Å². The maximum Gasteiger partial charge on any atom is 0.261 e. The average Bonchev–Trinajstić information content (AvgIpc) is 2.51. The molecule has 6 heteroatoms. The lowest BCUT2D eigenvalue weighted by Gasteiger charge is -2.21. The Morgan fingerprint density at radius 1 is 1.05 bits per heavy atom. The summed E-state index contributed by atoms with van der Waals surface area (Å²) in [5, 5.41) is 0. The van der Waals surface area contributed by atoms with Crippen LogP contribution in [0.1, 0.15) is 17.3 Å². The third-order valence-electron chi connectivity index (χ3n) is 3.18. The molecule has 0 aliphatic carbocycles. The van der Waals surface area contributed by atoms with E-state index in [-0.39, 0.29) is 23.5 Å². The number of amides is 1. The number of hydrogen-bond donors (Lipinski definition) is 0. The zero-order valence-corrected chi connectivity index (χ0v) is 12.1. The molecule has 0 unspecified atom stereocenters. The van der Waals surface area contributed by atoms with Crippen molar-refractivity contribution >= 4 is 11.6 Å². The molecule has 0 fully saturated rings. The molecule has 2 aromatic rings. The molecule has 3 nitrogen and oxygen atoms in total. The number of rotatable bonds is 4. The Bertz CT molecular complexity index is 704. The third kappa shape index (κ3) is 3.05. The van der Waals surface area contributed by atoms with Crippen LogP contribution in [-0.4, -0.2) is 19.6 Å². The summed E-state index contributed by atoms with van der Waals surface area (Å²) in [6.45, 7) is 1.83. The fourth-order valence-corrected chi connectivity index (χ4v) is 2.04. The van der Waals surface area contributed by atoms with Gasteiger partial charge in [-0.25, -0.2) is 13.2 Å². The summed E-state index contributed by atoms with van der Waals surface area (Å²) in [6.07, 6.45) is 0. The Morgan fingerprint density at radius 3 is 2.32 bits per heavy atom. The van der Waals surface area contributed by atoms with Crippen LogP contribution in [0, 0.1) is 17.5 Å². The molecule has 0 spiro atoms. The lowest BCUT2D eigenvalue weighted by atomic mass is 10.1. The third-order valence-corrected chi connectivity index (χ3v) is 3.18. The summed E-state index contributed by atoms with van der Waals surface area (Å²) in [4.78, 5) is 13.6. The predicted molar refractivity (Wildman–Crippen MR) is 76.7 cm³/mol. The van der Waals surface area contributed by atoms with Crippen LogP contribution in [0.2, 0.25) is 0 Å². The smallest absolute Gasteiger partial charge is 0.261 e. The summed E-state index contributed by atoms with van der Waals surface area (Å²) in [6, 6.07) is 6.92. The van der Waals surface area contributed by atoms with Gasteiger partial charge in [-0.2, -0.15) is 0 Å². The Morgan fingerprint density at radius 2 is 1.77 bits per heavy atom. The number of hydrogen-bond acceptors (Lipinski definition) is 2. The highest BCUT2D eigenvalue weighted by atomic mass is 19.2. The molecule has 0 bridgehead atoms. The van der Waals surface area contributed by atoms with Gasteiger partial charge >= 0.3 is 0 Å². The SMILES string of the molecule is CCN(C(=O)c1ccc(OC)cc1F)c1ccc(F)c(F)c1. The van der Waals surface area contributed by atoms with Gasteiger partial charge in [-0.1, -0.05) is 0 Å². The highest BCUT2D eigenvalue weighted by Gasteiger charge is 2.21. The van der Waals surface area contributed by atoms with Crippen LogP contribution in [0.25, 0.3) is 0 Å². The molecule has 0 saturated heterocycles. The number of anilines is 1. The van der Waals surface area contributed by atoms with E-state index in [9.17, 15) is 18.0 Å². The standard InChI is InChI=1S/C16H14F3NO2/c1-3-20(10-4-7-13(17)15(19)8-10)16(21)12-6-5-11(22-2)9-14(12)18/h4-9H,3H2,1-2H3. The normalized spacial score (nSPS) is 10.4. The van der Waals surface area contributed by atoms with Crippen molar-refractivity contribution in [3.8, 4) is 5.75 Å². The lowest BCUT2D eigenvalue weighted by molar-refractivity contribution is 0.0984. The van der Waals surface area contributed by atoms with E-state index in [2.05, 4.69) is 0 Å². The molecule has 2 rings (SSSR count). The van der Waals surface area contributed by atoms with Gasteiger partial charge in [0, 0.05) is 24.4 Å². The van der Waals surface area contributed by atoms with Gasteiger partial charge in [0.05, 0.1) is 12.7 Å². The minimum absolute atomic E-state index is 0.154. The van der Waals surface area contributed by atoms with Gasteiger partial charge in [-0.15, -0.1) is 0 Å². The quantitative estimate of drug-likeness (QED) is 0.860. The van der Waals surface area contributed by atoms with Gasteiger partial charge in [0.1, 0.15) is 11.6 Å². The molecule has 116 valence electrons. The molecule has 0 radical (unpaired) electrons. The predicted octanol–water partition coefficient (Wildman–Crippen LogP) is 3.78. The first-order valence-electron chi connectivity index (χ1n) is 6.58. The lowest BCUT2D eigenvalue weighted by Crippen LogP contribution is -2.31. The fraction of sp³-hybridized carbons (Fsp3) is 0.188. The van der Waals surface area contributed by atoms with Gasteiger partial charge in [-0.05, 0) is 31.2 Å². The summed E-state index contributed by atoms with van der Waals surface area (Å²) in [5.74, 6) is -3.19. The number of halogens is 3. The first kappa shape index (κ1) is 15.9. The number of benzene rings is 2. The highest BCUT2D eigenvalue weighted by Crippen LogP contribution is 2.23. The van der Waals surface area contributed by atoms with E-state index >= 15 is 0 Å². The molecular weight excluding hydrogens is 295 g/mol. The Labute approximate surface area is 125 Å². The minimum atomic E-state index is -1.07. The second kappa shape index (κ2) is 6.51. The molecule has 0 saturated carbocycles. The zero-order valence-electron chi connectivity index (χ0n) is 12.1. The van der Waals surface area contributed by atoms with Crippen LogP contribution in [0.4, 0.5) is 18.9 Å². The van der Waals surface area contributed by atoms with E-state index in [4.69, 9.17) is 4.74 Å². The van der Waals surface area contributed by atoms with Gasteiger partial charge in [0.2, 0.25) is 0 Å². The van der Waals surface area contributed by atoms with Gasteiger partial charge in [-0.3, -0.25) is 4.79 Å². The van der Waals surface area contributed by atoms with Gasteiger partial charge in [0.15, 0.2) is 11.6 Å². The topological polar surface area (TPSA) is 29.5 Å². The molecular formula is C16H14F3NO2. The van der Waals surface area contributed by atoms with Crippen molar-refractivity contribution in [2.45, 2.75) is 6.92 Å². The molecule has 0 atom stereocenters. The van der Waals surface area contributed by atoms with Crippen LogP contribution in [-0.2, 0) is 0 Å². The van der Waals surface area contributed by atoms with E-state index in [1.807, 2.05) is 0 Å². The molecule has 22 heavy (non-hydrogen) atoms. The highest BCUT2D eigenvalue weighted by molar-refractivity contribution is 6.06. The van der Waals surface area contributed by atoms with Crippen molar-refractivity contribution in [1.29, 1.82) is 0 Å². The van der Waals surface area contributed by atoms with Crippen LogP contribution in [0.5, 0.6) is 5.75 Å². The number of carbonyl (C=O) groups excluding carboxylic acids is 1. The van der Waals surface area contributed by atoms with Crippen molar-refractivity contribution in [1.82, 2.24) is 0 Å². The Hall–Kier alpha value is -2.50. The van der Waals surface area contributed by atoms with E-state index in [0.29, 0.717) is 0 Å². The first-order chi connectivity index (χ1) is 10.5. The molecule has 0 aliphatic heterocycles. The number of carbonyl (C=O) groups is 1. The molecule has 0 aromatic heterocycles. The van der Waals surface area contributed by atoms with E-state index in [1.165, 1.54) is 25.3 Å². The van der Waals surface area contributed by atoms with Crippen LogP contribution in [0.3, 0.4) is 0 Å². The molecule has 2 aromatic carbocycles. The van der Waals surface area contributed by atoms with E-state index < -0.39 is 23.4 Å². The fourth-order valence-electron chi connectivity index (χ4n) is 2.04. The Balaban J connectivity index is 2.38. The van der Waals surface area contributed by atoms with Crippen molar-refractivity contribution in [2.75, 3.05) is 18.6 Å². The number of nitrogens with zero attached hydrogens (tertiary/aromatic N) is 1. The van der Waals surface area contributed by atoms with Gasteiger partial charge < -0.3 is 9.64 Å². The van der Waals surface area contributed by atoms with E-state index in [0.717, 1.165) is 23.1 Å². The van der Waals surface area contributed by atoms with Crippen molar-refractivity contribution in [2.24, 2.45) is 0 Å². The van der Waals surface area contributed by atoms with Crippen molar-refractivity contribution in [3.05, 3.63) is 59.4 Å². The maximum atomic E-state index is 14.0.